The number of benzene rings is 1. The van der Waals surface area contributed by atoms with E-state index in [1.807, 2.05) is 11.8 Å². The lowest BCUT2D eigenvalue weighted by atomic mass is 10.1. The quantitative estimate of drug-likeness (QED) is 0.464. The Morgan fingerprint density at radius 3 is 2.94 bits per heavy atom. The Bertz CT molecular complexity index is 1220. The first-order valence-corrected chi connectivity index (χ1v) is 13.3. The van der Waals surface area contributed by atoms with Crippen molar-refractivity contribution in [1.29, 1.82) is 0 Å². The molecule has 1 saturated heterocycles. The van der Waals surface area contributed by atoms with Crippen molar-refractivity contribution in [2.24, 2.45) is 0 Å². The lowest BCUT2D eigenvalue weighted by molar-refractivity contribution is 0.00225. The molecule has 0 aliphatic carbocycles. The molecule has 1 aromatic carbocycles. The summed E-state index contributed by atoms with van der Waals surface area (Å²) in [6.45, 7) is 10.1. The van der Waals surface area contributed by atoms with Crippen molar-refractivity contribution in [2.75, 3.05) is 19.7 Å². The normalized spacial score (nSPS) is 16.5. The molecule has 3 heterocycles. The molecule has 1 N–H and O–H groups in total. The number of hydrogen-bond donors (Lipinski definition) is 1. The van der Waals surface area contributed by atoms with Gasteiger partial charge in [-0.15, -0.1) is 23.1 Å². The molecule has 1 aliphatic rings. The molecular weight excluding hydrogens is 454 g/mol. The number of aromatic nitrogens is 2. The Morgan fingerprint density at radius 1 is 1.33 bits per heavy atom. The Labute approximate surface area is 202 Å². The second-order valence-corrected chi connectivity index (χ2v) is 10.7. The zero-order valence-corrected chi connectivity index (χ0v) is 21.3. The van der Waals surface area contributed by atoms with Crippen LogP contribution in [-0.4, -0.2) is 46.6 Å². The smallest absolute Gasteiger partial charge is 0.264 e. The van der Waals surface area contributed by atoms with Gasteiger partial charge in [-0.1, -0.05) is 24.6 Å². The molecule has 1 fully saturated rings. The average Bonchev–Trinajstić information content (AvgIpc) is 3.14. The van der Waals surface area contributed by atoms with Crippen molar-refractivity contribution in [2.45, 2.75) is 63.7 Å². The molecular formula is C25H31N3O3S2. The molecule has 1 atom stereocenters. The van der Waals surface area contributed by atoms with Gasteiger partial charge < -0.3 is 14.6 Å². The number of carbonyl (C=O) groups is 1. The summed E-state index contributed by atoms with van der Waals surface area (Å²) in [6, 6.07) is 6.35. The Balaban J connectivity index is 1.55. The van der Waals surface area contributed by atoms with E-state index < -0.39 is 0 Å². The highest BCUT2D eigenvalue weighted by Crippen LogP contribution is 2.31. The number of carbonyl (C=O) groups excluding carboxylic acids is 1. The van der Waals surface area contributed by atoms with E-state index in [9.17, 15) is 9.59 Å². The van der Waals surface area contributed by atoms with E-state index in [4.69, 9.17) is 9.72 Å². The first-order chi connectivity index (χ1) is 15.9. The van der Waals surface area contributed by atoms with Crippen molar-refractivity contribution in [3.8, 4) is 0 Å². The minimum atomic E-state index is -0.174. The maximum Gasteiger partial charge on any atom is 0.264 e. The van der Waals surface area contributed by atoms with E-state index in [0.717, 1.165) is 38.0 Å². The van der Waals surface area contributed by atoms with Gasteiger partial charge in [0.15, 0.2) is 0 Å². The summed E-state index contributed by atoms with van der Waals surface area (Å²) in [7, 11) is 0. The number of aromatic amines is 1. The van der Waals surface area contributed by atoms with Gasteiger partial charge in [-0.25, -0.2) is 4.98 Å². The number of amides is 1. The van der Waals surface area contributed by atoms with E-state index >= 15 is 0 Å². The fraction of sp³-hybridized carbons (Fsp3) is 0.480. The molecule has 176 valence electrons. The number of nitrogens with one attached hydrogen (secondary N) is 1. The maximum absolute atomic E-state index is 13.3. The molecule has 6 nitrogen and oxygen atoms in total. The van der Waals surface area contributed by atoms with Gasteiger partial charge in [-0.2, -0.15) is 0 Å². The lowest BCUT2D eigenvalue weighted by Gasteiger charge is -2.32. The molecule has 0 spiro atoms. The predicted octanol–water partition coefficient (Wildman–Crippen LogP) is 5.23. The fourth-order valence-corrected chi connectivity index (χ4v) is 6.32. The number of likely N-dealkylation sites (tertiary alicyclic amines) is 1. The van der Waals surface area contributed by atoms with Crippen LogP contribution in [0.2, 0.25) is 0 Å². The lowest BCUT2D eigenvalue weighted by Crippen LogP contribution is -2.43. The Kier molecular flexibility index (Phi) is 7.56. The summed E-state index contributed by atoms with van der Waals surface area (Å²) in [5, 5.41) is 0.527. The van der Waals surface area contributed by atoms with Crippen LogP contribution in [0.25, 0.3) is 10.2 Å². The standard InChI is InChI=1S/C25H31N3O3S2/c1-5-11-31-18-7-6-10-28(13-18)25(30)22-17(4)21-23(29)26-20(27-24(21)33-22)14-32-19-12-15(2)8-9-16(19)3/h8-9,12,18H,5-7,10-11,13-14H2,1-4H3,(H,26,27,29). The van der Waals surface area contributed by atoms with Gasteiger partial charge in [0, 0.05) is 24.6 Å². The second-order valence-electron chi connectivity index (χ2n) is 8.69. The minimum absolute atomic E-state index is 0.0222. The molecule has 1 unspecified atom stereocenters. The number of thiophene rings is 1. The summed E-state index contributed by atoms with van der Waals surface area (Å²) < 4.78 is 5.89. The van der Waals surface area contributed by atoms with E-state index in [-0.39, 0.29) is 17.6 Å². The molecule has 0 bridgehead atoms. The Morgan fingerprint density at radius 2 is 2.15 bits per heavy atom. The number of piperidine rings is 1. The zero-order chi connectivity index (χ0) is 23.5. The van der Waals surface area contributed by atoms with Gasteiger partial charge in [0.2, 0.25) is 0 Å². The molecule has 2 aromatic heterocycles. The summed E-state index contributed by atoms with van der Waals surface area (Å²) in [5.74, 6) is 1.17. The number of thioether (sulfide) groups is 1. The maximum atomic E-state index is 13.3. The van der Waals surface area contributed by atoms with E-state index in [1.54, 1.807) is 11.8 Å². The summed E-state index contributed by atoms with van der Waals surface area (Å²) in [4.78, 5) is 38.2. The molecule has 0 saturated carbocycles. The van der Waals surface area contributed by atoms with Crippen molar-refractivity contribution in [3.05, 3.63) is 55.9 Å². The van der Waals surface area contributed by atoms with Gasteiger partial charge in [0.05, 0.1) is 22.1 Å². The third-order valence-corrected chi connectivity index (χ3v) is 8.32. The summed E-state index contributed by atoms with van der Waals surface area (Å²) >= 11 is 2.99. The number of rotatable bonds is 7. The fourth-order valence-electron chi connectivity index (χ4n) is 4.16. The molecule has 33 heavy (non-hydrogen) atoms. The first-order valence-electron chi connectivity index (χ1n) is 11.5. The van der Waals surface area contributed by atoms with Gasteiger partial charge in [-0.3, -0.25) is 9.59 Å². The number of aryl methyl sites for hydroxylation is 3. The molecule has 8 heteroatoms. The number of H-pyrrole nitrogens is 1. The van der Waals surface area contributed by atoms with E-state index in [2.05, 4.69) is 44.0 Å². The highest BCUT2D eigenvalue weighted by Gasteiger charge is 2.28. The van der Waals surface area contributed by atoms with Gasteiger partial charge in [0.1, 0.15) is 10.7 Å². The van der Waals surface area contributed by atoms with Crippen molar-refractivity contribution >= 4 is 39.2 Å². The highest BCUT2D eigenvalue weighted by molar-refractivity contribution is 7.98. The average molecular weight is 486 g/mol. The van der Waals surface area contributed by atoms with Gasteiger partial charge in [0.25, 0.3) is 11.5 Å². The predicted molar refractivity (Wildman–Crippen MR) is 136 cm³/mol. The number of hydrogen-bond acceptors (Lipinski definition) is 6. The minimum Gasteiger partial charge on any atom is -0.376 e. The number of nitrogens with zero attached hydrogens (tertiary/aromatic N) is 2. The molecule has 1 aliphatic heterocycles. The Hall–Kier alpha value is -2.16. The molecule has 0 radical (unpaired) electrons. The number of ether oxygens (including phenoxy) is 1. The highest BCUT2D eigenvalue weighted by atomic mass is 32.2. The van der Waals surface area contributed by atoms with Crippen LogP contribution in [0, 0.1) is 20.8 Å². The van der Waals surface area contributed by atoms with Crippen molar-refractivity contribution < 1.29 is 9.53 Å². The van der Waals surface area contributed by atoms with Crippen LogP contribution in [0.15, 0.2) is 27.9 Å². The molecule has 3 aromatic rings. The first kappa shape index (κ1) is 24.0. The largest absolute Gasteiger partial charge is 0.376 e. The van der Waals surface area contributed by atoms with Crippen LogP contribution in [0.4, 0.5) is 0 Å². The summed E-state index contributed by atoms with van der Waals surface area (Å²) in [5.41, 5.74) is 2.96. The summed E-state index contributed by atoms with van der Waals surface area (Å²) in [6.07, 6.45) is 2.98. The van der Waals surface area contributed by atoms with Gasteiger partial charge >= 0.3 is 0 Å². The van der Waals surface area contributed by atoms with Crippen molar-refractivity contribution in [3.63, 3.8) is 0 Å². The number of fused-ring (bicyclic) bond motifs is 1. The third-order valence-electron chi connectivity index (χ3n) is 5.97. The van der Waals surface area contributed by atoms with Crippen LogP contribution >= 0.6 is 23.1 Å². The monoisotopic (exact) mass is 485 g/mol. The van der Waals surface area contributed by atoms with Crippen LogP contribution in [0.3, 0.4) is 0 Å². The zero-order valence-electron chi connectivity index (χ0n) is 19.7. The van der Waals surface area contributed by atoms with Crippen molar-refractivity contribution in [1.82, 2.24) is 14.9 Å². The van der Waals surface area contributed by atoms with E-state index in [0.29, 0.717) is 33.2 Å². The third kappa shape index (κ3) is 5.34. The van der Waals surface area contributed by atoms with Crippen LogP contribution in [0.1, 0.15) is 58.4 Å². The second kappa shape index (κ2) is 10.4. The molecule has 1 amide bonds. The van der Waals surface area contributed by atoms with Gasteiger partial charge in [-0.05, 0) is 57.2 Å². The van der Waals surface area contributed by atoms with E-state index in [1.165, 1.54) is 27.4 Å². The topological polar surface area (TPSA) is 75.3 Å². The SMILES string of the molecule is CCCOC1CCCN(C(=O)c2sc3nc(CSc4cc(C)ccc4C)[nH]c(=O)c3c2C)C1. The van der Waals surface area contributed by atoms with Crippen LogP contribution < -0.4 is 5.56 Å². The van der Waals surface area contributed by atoms with Crippen LogP contribution in [0.5, 0.6) is 0 Å². The molecule has 4 rings (SSSR count). The van der Waals surface area contributed by atoms with Crippen LogP contribution in [-0.2, 0) is 10.5 Å².